The topological polar surface area (TPSA) is 61.7 Å². The molecular weight excluding hydrogens is 194 g/mol. The maximum atomic E-state index is 9.42. The maximum Gasteiger partial charge on any atom is 0.124 e. The minimum atomic E-state index is -0.540. The molecule has 1 unspecified atom stereocenters. The lowest BCUT2D eigenvalue weighted by atomic mass is 10.2. The molecule has 0 aliphatic heterocycles. The molecule has 0 aliphatic carbocycles. The van der Waals surface area contributed by atoms with Gasteiger partial charge in [0.25, 0.3) is 0 Å². The molecule has 0 spiro atoms. The summed E-state index contributed by atoms with van der Waals surface area (Å²) in [5.41, 5.74) is 0.731. The van der Waals surface area contributed by atoms with Crippen LogP contribution in [0.5, 0.6) is 5.75 Å². The number of aliphatic hydroxyl groups is 2. The first kappa shape index (κ1) is 12.0. The van der Waals surface area contributed by atoms with Crippen molar-refractivity contribution in [1.82, 2.24) is 5.32 Å². The lowest BCUT2D eigenvalue weighted by molar-refractivity contribution is 0.106. The third kappa shape index (κ3) is 3.87. The van der Waals surface area contributed by atoms with E-state index in [0.29, 0.717) is 12.3 Å². The maximum absolute atomic E-state index is 9.42. The van der Waals surface area contributed by atoms with Gasteiger partial charge in [-0.2, -0.15) is 0 Å². The van der Waals surface area contributed by atoms with E-state index >= 15 is 0 Å². The Morgan fingerprint density at radius 2 is 2.13 bits per heavy atom. The first-order valence-corrected chi connectivity index (χ1v) is 4.92. The van der Waals surface area contributed by atoms with Gasteiger partial charge in [-0.15, -0.1) is 0 Å². The average Bonchev–Trinajstić information content (AvgIpc) is 2.27. The molecule has 1 rings (SSSR count). The highest BCUT2D eigenvalue weighted by Gasteiger charge is 2.06. The van der Waals surface area contributed by atoms with Crippen LogP contribution < -0.4 is 10.1 Å². The lowest BCUT2D eigenvalue weighted by Gasteiger charge is -2.13. The van der Waals surface area contributed by atoms with E-state index in [4.69, 9.17) is 9.84 Å². The minimum absolute atomic E-state index is 0.0572. The number of aliphatic hydroxyl groups excluding tert-OH is 2. The predicted molar refractivity (Wildman–Crippen MR) is 57.8 cm³/mol. The van der Waals surface area contributed by atoms with E-state index in [1.54, 1.807) is 19.2 Å². The highest BCUT2D eigenvalue weighted by Crippen LogP contribution is 2.17. The van der Waals surface area contributed by atoms with Crippen molar-refractivity contribution in [1.29, 1.82) is 0 Å². The minimum Gasteiger partial charge on any atom is -0.490 e. The standard InChI is InChI=1S/C11H17NO3/c1-12-6-10(14)8-15-11-5-3-2-4-9(11)7-13/h2-5,10,12-14H,6-8H2,1H3. The van der Waals surface area contributed by atoms with Crippen molar-refractivity contribution >= 4 is 0 Å². The van der Waals surface area contributed by atoms with Gasteiger partial charge in [0.15, 0.2) is 0 Å². The normalized spacial score (nSPS) is 12.5. The van der Waals surface area contributed by atoms with Gasteiger partial charge in [0.05, 0.1) is 6.61 Å². The first-order chi connectivity index (χ1) is 7.27. The van der Waals surface area contributed by atoms with E-state index in [-0.39, 0.29) is 13.2 Å². The van der Waals surface area contributed by atoms with E-state index in [0.717, 1.165) is 5.56 Å². The molecule has 0 saturated heterocycles. The van der Waals surface area contributed by atoms with Crippen LogP contribution in [-0.2, 0) is 6.61 Å². The third-order valence-corrected chi connectivity index (χ3v) is 2.01. The number of likely N-dealkylation sites (N-methyl/N-ethyl adjacent to an activating group) is 1. The summed E-state index contributed by atoms with van der Waals surface area (Å²) in [5.74, 6) is 0.621. The molecule has 1 atom stereocenters. The molecule has 0 saturated carbocycles. The summed E-state index contributed by atoms with van der Waals surface area (Å²) < 4.78 is 5.39. The van der Waals surface area contributed by atoms with Gasteiger partial charge < -0.3 is 20.3 Å². The summed E-state index contributed by atoms with van der Waals surface area (Å²) in [6, 6.07) is 7.23. The number of benzene rings is 1. The highest BCUT2D eigenvalue weighted by molar-refractivity contribution is 5.32. The van der Waals surface area contributed by atoms with Gasteiger partial charge in [-0.3, -0.25) is 0 Å². The number of hydrogen-bond acceptors (Lipinski definition) is 4. The van der Waals surface area contributed by atoms with Crippen molar-refractivity contribution in [2.75, 3.05) is 20.2 Å². The summed E-state index contributed by atoms with van der Waals surface area (Å²) in [4.78, 5) is 0. The van der Waals surface area contributed by atoms with Gasteiger partial charge in [-0.25, -0.2) is 0 Å². The number of hydrogen-bond donors (Lipinski definition) is 3. The molecule has 0 heterocycles. The van der Waals surface area contributed by atoms with Crippen molar-refractivity contribution in [3.8, 4) is 5.75 Å². The zero-order valence-corrected chi connectivity index (χ0v) is 8.81. The van der Waals surface area contributed by atoms with Gasteiger partial charge in [0.1, 0.15) is 18.5 Å². The Labute approximate surface area is 89.5 Å². The smallest absolute Gasteiger partial charge is 0.124 e. The fraction of sp³-hybridized carbons (Fsp3) is 0.455. The van der Waals surface area contributed by atoms with Crippen molar-refractivity contribution in [3.63, 3.8) is 0 Å². The molecule has 1 aromatic rings. The van der Waals surface area contributed by atoms with Crippen molar-refractivity contribution < 1.29 is 14.9 Å². The van der Waals surface area contributed by atoms with Gasteiger partial charge in [-0.1, -0.05) is 18.2 Å². The van der Waals surface area contributed by atoms with Crippen molar-refractivity contribution in [2.45, 2.75) is 12.7 Å². The summed E-state index contributed by atoms with van der Waals surface area (Å²) in [5, 5.41) is 21.3. The van der Waals surface area contributed by atoms with E-state index in [1.807, 2.05) is 12.1 Å². The first-order valence-electron chi connectivity index (χ1n) is 4.92. The van der Waals surface area contributed by atoms with Crippen LogP contribution in [0.15, 0.2) is 24.3 Å². The SMILES string of the molecule is CNCC(O)COc1ccccc1CO. The molecule has 0 fully saturated rings. The third-order valence-electron chi connectivity index (χ3n) is 2.01. The zero-order chi connectivity index (χ0) is 11.1. The van der Waals surface area contributed by atoms with Crippen LogP contribution in [0, 0.1) is 0 Å². The molecule has 0 radical (unpaired) electrons. The number of nitrogens with one attached hydrogen (secondary N) is 1. The Kier molecular flexibility index (Phi) is 5.10. The van der Waals surface area contributed by atoms with Crippen LogP contribution in [-0.4, -0.2) is 36.5 Å². The average molecular weight is 211 g/mol. The Morgan fingerprint density at radius 1 is 1.40 bits per heavy atom. The summed E-state index contributed by atoms with van der Waals surface area (Å²) in [6.07, 6.45) is -0.540. The Morgan fingerprint density at radius 3 is 2.80 bits per heavy atom. The second-order valence-electron chi connectivity index (χ2n) is 3.29. The van der Waals surface area contributed by atoms with Crippen LogP contribution in [0.1, 0.15) is 5.56 Å². The van der Waals surface area contributed by atoms with Crippen LogP contribution in [0.25, 0.3) is 0 Å². The molecule has 0 amide bonds. The van der Waals surface area contributed by atoms with E-state index < -0.39 is 6.10 Å². The largest absolute Gasteiger partial charge is 0.490 e. The Hall–Kier alpha value is -1.10. The van der Waals surface area contributed by atoms with Gasteiger partial charge in [-0.05, 0) is 13.1 Å². The Balaban J connectivity index is 2.49. The van der Waals surface area contributed by atoms with Crippen LogP contribution >= 0.6 is 0 Å². The molecule has 15 heavy (non-hydrogen) atoms. The summed E-state index contributed by atoms with van der Waals surface area (Å²) in [7, 11) is 1.77. The number of ether oxygens (including phenoxy) is 1. The molecule has 84 valence electrons. The molecule has 0 aliphatic rings. The van der Waals surface area contributed by atoms with E-state index in [1.165, 1.54) is 0 Å². The predicted octanol–water partition coefficient (Wildman–Crippen LogP) is 0.138. The fourth-order valence-corrected chi connectivity index (χ4v) is 1.26. The van der Waals surface area contributed by atoms with Gasteiger partial charge >= 0.3 is 0 Å². The molecule has 0 aromatic heterocycles. The van der Waals surface area contributed by atoms with Crippen LogP contribution in [0.3, 0.4) is 0 Å². The van der Waals surface area contributed by atoms with Crippen molar-refractivity contribution in [3.05, 3.63) is 29.8 Å². The van der Waals surface area contributed by atoms with Crippen LogP contribution in [0.4, 0.5) is 0 Å². The zero-order valence-electron chi connectivity index (χ0n) is 8.81. The lowest BCUT2D eigenvalue weighted by Crippen LogP contribution is -2.29. The number of para-hydroxylation sites is 1. The highest BCUT2D eigenvalue weighted by atomic mass is 16.5. The summed E-state index contributed by atoms with van der Waals surface area (Å²) >= 11 is 0. The van der Waals surface area contributed by atoms with Crippen molar-refractivity contribution in [2.24, 2.45) is 0 Å². The molecule has 4 heteroatoms. The molecule has 4 nitrogen and oxygen atoms in total. The van der Waals surface area contributed by atoms with E-state index in [9.17, 15) is 5.11 Å². The van der Waals surface area contributed by atoms with Gasteiger partial charge in [0, 0.05) is 12.1 Å². The summed E-state index contributed by atoms with van der Waals surface area (Å²) in [6.45, 7) is 0.650. The molecular formula is C11H17NO3. The Bertz CT molecular complexity index is 291. The fourth-order valence-electron chi connectivity index (χ4n) is 1.26. The molecule has 3 N–H and O–H groups in total. The van der Waals surface area contributed by atoms with E-state index in [2.05, 4.69) is 5.32 Å². The number of rotatable bonds is 6. The second kappa shape index (κ2) is 6.40. The second-order valence-corrected chi connectivity index (χ2v) is 3.29. The van der Waals surface area contributed by atoms with Gasteiger partial charge in [0.2, 0.25) is 0 Å². The molecule has 0 bridgehead atoms. The monoisotopic (exact) mass is 211 g/mol. The van der Waals surface area contributed by atoms with Crippen LogP contribution in [0.2, 0.25) is 0 Å². The quantitative estimate of drug-likeness (QED) is 0.626. The molecule has 1 aromatic carbocycles.